The van der Waals surface area contributed by atoms with Crippen LogP contribution in [0.3, 0.4) is 0 Å². The van der Waals surface area contributed by atoms with E-state index < -0.39 is 0 Å². The smallest absolute Gasteiger partial charge is 0.317 e. The van der Waals surface area contributed by atoms with Crippen LogP contribution in [0.15, 0.2) is 11.4 Å². The van der Waals surface area contributed by atoms with Crippen LogP contribution < -0.4 is 0 Å². The van der Waals surface area contributed by atoms with Crippen molar-refractivity contribution >= 4 is 17.4 Å². The lowest BCUT2D eigenvalue weighted by Gasteiger charge is -2.16. The predicted molar refractivity (Wildman–Crippen MR) is 57.3 cm³/mol. The van der Waals surface area contributed by atoms with Crippen LogP contribution in [0.1, 0.15) is 16.5 Å². The fourth-order valence-electron chi connectivity index (χ4n) is 1.77. The Morgan fingerprint density at radius 3 is 2.87 bits per heavy atom. The predicted octanol–water partition coefficient (Wildman–Crippen LogP) is 1.95. The van der Waals surface area contributed by atoms with E-state index in [1.807, 2.05) is 24.6 Å². The molecular formula is C10H11N3OS. The number of aryl methyl sites for hydroxylation is 1. The fraction of sp³-hybridized carbons (Fsp3) is 0.400. The zero-order valence-electron chi connectivity index (χ0n) is 8.60. The van der Waals surface area contributed by atoms with Gasteiger partial charge in [-0.15, -0.1) is 11.3 Å². The topological polar surface area (TPSA) is 47.3 Å². The average molecular weight is 221 g/mol. The third kappa shape index (κ3) is 1.47. The van der Waals surface area contributed by atoms with Crippen molar-refractivity contribution in [3.05, 3.63) is 21.9 Å². The molecule has 1 aromatic rings. The average Bonchev–Trinajstić information content (AvgIpc) is 2.74. The molecular weight excluding hydrogens is 210 g/mol. The number of nitrogens with zero attached hydrogens (tertiary/aromatic N) is 3. The summed E-state index contributed by atoms with van der Waals surface area (Å²) in [5.74, 6) is 0. The standard InChI is InChI=1S/C10H11N3OS/c1-7-3-4-15-9(7)8-5-13(6-11)10(14)12(8)2/h3-4,8H,5H2,1-2H3. The Kier molecular flexibility index (Phi) is 2.37. The molecule has 0 saturated carbocycles. The lowest BCUT2D eigenvalue weighted by molar-refractivity contribution is 0.206. The van der Waals surface area contributed by atoms with Gasteiger partial charge in [-0.1, -0.05) is 0 Å². The summed E-state index contributed by atoms with van der Waals surface area (Å²) < 4.78 is 0. The molecule has 4 nitrogen and oxygen atoms in total. The number of nitriles is 1. The monoisotopic (exact) mass is 221 g/mol. The molecule has 0 aliphatic carbocycles. The summed E-state index contributed by atoms with van der Waals surface area (Å²) in [4.78, 5) is 15.6. The van der Waals surface area contributed by atoms with Crippen molar-refractivity contribution in [2.75, 3.05) is 13.6 Å². The van der Waals surface area contributed by atoms with Crippen LogP contribution in [-0.4, -0.2) is 29.4 Å². The van der Waals surface area contributed by atoms with Crippen LogP contribution in [0.4, 0.5) is 4.79 Å². The van der Waals surface area contributed by atoms with Crippen LogP contribution in [0.25, 0.3) is 0 Å². The van der Waals surface area contributed by atoms with E-state index in [0.717, 1.165) is 0 Å². The molecule has 1 unspecified atom stereocenters. The third-order valence-electron chi connectivity index (χ3n) is 2.68. The first-order chi connectivity index (χ1) is 7.15. The molecule has 0 N–H and O–H groups in total. The summed E-state index contributed by atoms with van der Waals surface area (Å²) in [7, 11) is 1.74. The van der Waals surface area contributed by atoms with Crippen molar-refractivity contribution in [3.63, 3.8) is 0 Å². The number of carbonyl (C=O) groups is 1. The number of hydrogen-bond donors (Lipinski definition) is 0. The number of hydrogen-bond acceptors (Lipinski definition) is 3. The molecule has 0 aromatic carbocycles. The molecule has 1 saturated heterocycles. The van der Waals surface area contributed by atoms with E-state index in [2.05, 4.69) is 0 Å². The molecule has 15 heavy (non-hydrogen) atoms. The maximum absolute atomic E-state index is 11.6. The SMILES string of the molecule is Cc1ccsc1C1CN(C#N)C(=O)N1C. The molecule has 1 fully saturated rings. The van der Waals surface area contributed by atoms with E-state index in [1.54, 1.807) is 23.3 Å². The zero-order valence-corrected chi connectivity index (χ0v) is 9.41. The van der Waals surface area contributed by atoms with Gasteiger partial charge in [0.1, 0.15) is 0 Å². The Bertz CT molecular complexity index is 434. The molecule has 1 atom stereocenters. The Hall–Kier alpha value is -1.54. The quantitative estimate of drug-likeness (QED) is 0.680. The summed E-state index contributed by atoms with van der Waals surface area (Å²) >= 11 is 1.64. The van der Waals surface area contributed by atoms with Gasteiger partial charge in [-0.05, 0) is 23.9 Å². The minimum absolute atomic E-state index is 0.0251. The van der Waals surface area contributed by atoms with Gasteiger partial charge >= 0.3 is 6.03 Å². The van der Waals surface area contributed by atoms with E-state index in [9.17, 15) is 4.79 Å². The molecule has 1 aliphatic rings. The summed E-state index contributed by atoms with van der Waals surface area (Å²) in [6.45, 7) is 2.49. The highest BCUT2D eigenvalue weighted by atomic mass is 32.1. The van der Waals surface area contributed by atoms with Gasteiger partial charge in [-0.25, -0.2) is 9.69 Å². The summed E-state index contributed by atoms with van der Waals surface area (Å²) in [5, 5.41) is 10.8. The van der Waals surface area contributed by atoms with Crippen LogP contribution >= 0.6 is 11.3 Å². The normalized spacial score (nSPS) is 20.9. The first kappa shape index (κ1) is 9.99. The fourth-order valence-corrected chi connectivity index (χ4v) is 2.83. The molecule has 5 heteroatoms. The minimum Gasteiger partial charge on any atom is -0.317 e. The molecule has 0 spiro atoms. The van der Waals surface area contributed by atoms with Crippen molar-refractivity contribution in [3.8, 4) is 6.19 Å². The zero-order chi connectivity index (χ0) is 11.0. The number of amides is 2. The maximum Gasteiger partial charge on any atom is 0.333 e. The summed E-state index contributed by atoms with van der Waals surface area (Å²) in [6, 6.07) is 1.85. The second-order valence-corrected chi connectivity index (χ2v) is 4.54. The van der Waals surface area contributed by atoms with Crippen molar-refractivity contribution in [1.82, 2.24) is 9.80 Å². The summed E-state index contributed by atoms with van der Waals surface area (Å²) in [6.07, 6.45) is 1.90. The first-order valence-electron chi connectivity index (χ1n) is 4.63. The van der Waals surface area contributed by atoms with Crippen molar-refractivity contribution in [1.29, 1.82) is 5.26 Å². The number of likely N-dealkylation sites (N-methyl/N-ethyl adjacent to an activating group) is 1. The highest BCUT2D eigenvalue weighted by molar-refractivity contribution is 7.10. The van der Waals surface area contributed by atoms with Gasteiger partial charge in [0.05, 0.1) is 12.6 Å². The Balaban J connectivity index is 2.31. The number of urea groups is 1. The lowest BCUT2D eigenvalue weighted by Crippen LogP contribution is -2.26. The van der Waals surface area contributed by atoms with Crippen LogP contribution in [-0.2, 0) is 0 Å². The first-order valence-corrected chi connectivity index (χ1v) is 5.51. The van der Waals surface area contributed by atoms with Crippen LogP contribution in [0, 0.1) is 18.4 Å². The largest absolute Gasteiger partial charge is 0.333 e. The van der Waals surface area contributed by atoms with Gasteiger partial charge in [-0.2, -0.15) is 5.26 Å². The molecule has 1 aliphatic heterocycles. The molecule has 2 rings (SSSR count). The van der Waals surface area contributed by atoms with E-state index in [4.69, 9.17) is 5.26 Å². The van der Waals surface area contributed by atoms with Gasteiger partial charge in [0.25, 0.3) is 0 Å². The van der Waals surface area contributed by atoms with Gasteiger partial charge in [0.2, 0.25) is 0 Å². The van der Waals surface area contributed by atoms with Crippen LogP contribution in [0.5, 0.6) is 0 Å². The Morgan fingerprint density at radius 2 is 2.40 bits per heavy atom. The molecule has 1 aromatic heterocycles. The third-order valence-corrected chi connectivity index (χ3v) is 3.80. The summed E-state index contributed by atoms with van der Waals surface area (Å²) in [5.41, 5.74) is 1.18. The molecule has 0 bridgehead atoms. The van der Waals surface area contributed by atoms with E-state index >= 15 is 0 Å². The maximum atomic E-state index is 11.6. The number of thiophene rings is 1. The highest BCUT2D eigenvalue weighted by Gasteiger charge is 2.36. The molecule has 2 amide bonds. The van der Waals surface area contributed by atoms with Crippen molar-refractivity contribution in [2.24, 2.45) is 0 Å². The van der Waals surface area contributed by atoms with E-state index in [0.29, 0.717) is 6.54 Å². The van der Waals surface area contributed by atoms with E-state index in [-0.39, 0.29) is 12.1 Å². The molecule has 2 heterocycles. The number of rotatable bonds is 1. The van der Waals surface area contributed by atoms with E-state index in [1.165, 1.54) is 15.3 Å². The second kappa shape index (κ2) is 3.55. The molecule has 0 radical (unpaired) electrons. The van der Waals surface area contributed by atoms with Gasteiger partial charge in [0, 0.05) is 11.9 Å². The Morgan fingerprint density at radius 1 is 1.67 bits per heavy atom. The van der Waals surface area contributed by atoms with Gasteiger partial charge < -0.3 is 4.90 Å². The Labute approximate surface area is 92.3 Å². The second-order valence-electron chi connectivity index (χ2n) is 3.59. The lowest BCUT2D eigenvalue weighted by atomic mass is 10.1. The number of carbonyl (C=O) groups excluding carboxylic acids is 1. The van der Waals surface area contributed by atoms with Crippen molar-refractivity contribution in [2.45, 2.75) is 13.0 Å². The van der Waals surface area contributed by atoms with Crippen molar-refractivity contribution < 1.29 is 4.79 Å². The minimum atomic E-state index is -0.213. The molecule has 78 valence electrons. The van der Waals surface area contributed by atoms with Crippen LogP contribution in [0.2, 0.25) is 0 Å². The van der Waals surface area contributed by atoms with Gasteiger partial charge in [-0.3, -0.25) is 0 Å². The highest BCUT2D eigenvalue weighted by Crippen LogP contribution is 2.32. The van der Waals surface area contributed by atoms with Gasteiger partial charge in [0.15, 0.2) is 6.19 Å².